The summed E-state index contributed by atoms with van der Waals surface area (Å²) in [6, 6.07) is 10.2. The van der Waals surface area contributed by atoms with Crippen LogP contribution in [0.5, 0.6) is 0 Å². The van der Waals surface area contributed by atoms with Crippen molar-refractivity contribution in [2.24, 2.45) is 5.92 Å². The highest BCUT2D eigenvalue weighted by Gasteiger charge is 2.37. The van der Waals surface area contributed by atoms with Gasteiger partial charge in [0.05, 0.1) is 24.8 Å². The van der Waals surface area contributed by atoms with E-state index in [0.717, 1.165) is 30.6 Å². The normalized spacial score (nSPS) is 21.3. The summed E-state index contributed by atoms with van der Waals surface area (Å²) in [4.78, 5) is 25.5. The highest BCUT2D eigenvalue weighted by atomic mass is 16.4. The number of aromatic nitrogens is 2. The van der Waals surface area contributed by atoms with E-state index < -0.39 is 5.97 Å². The Hall–Kier alpha value is -2.67. The number of aliphatic carboxylic acids is 1. The minimum atomic E-state index is -0.774. The first kappa shape index (κ1) is 18.7. The van der Waals surface area contributed by atoms with Crippen LogP contribution in [0.4, 0.5) is 0 Å². The minimum Gasteiger partial charge on any atom is -0.480 e. The van der Waals surface area contributed by atoms with E-state index in [9.17, 15) is 9.59 Å². The number of hydrogen-bond donors (Lipinski definition) is 2. The summed E-state index contributed by atoms with van der Waals surface area (Å²) >= 11 is 0. The lowest BCUT2D eigenvalue weighted by Gasteiger charge is -2.42. The Labute approximate surface area is 164 Å². The number of carboxylic acids is 1. The van der Waals surface area contributed by atoms with Crippen molar-refractivity contribution in [1.82, 2.24) is 20.0 Å². The van der Waals surface area contributed by atoms with Gasteiger partial charge in [0.1, 0.15) is 0 Å². The predicted octanol–water partition coefficient (Wildman–Crippen LogP) is 1.86. The molecule has 0 aliphatic heterocycles. The second kappa shape index (κ2) is 8.14. The van der Waals surface area contributed by atoms with E-state index in [2.05, 4.69) is 15.3 Å². The molecule has 1 aromatic heterocycles. The van der Waals surface area contributed by atoms with E-state index >= 15 is 0 Å². The van der Waals surface area contributed by atoms with Gasteiger partial charge in [0.15, 0.2) is 0 Å². The smallest absolute Gasteiger partial charge is 0.317 e. The number of carboxylic acid groups (broad SMARTS) is 1. The maximum Gasteiger partial charge on any atom is 0.317 e. The third kappa shape index (κ3) is 4.78. The fourth-order valence-corrected chi connectivity index (χ4v) is 3.79. The highest BCUT2D eigenvalue weighted by Crippen LogP contribution is 2.33. The Kier molecular flexibility index (Phi) is 5.43. The SMILES string of the molecule is O=C(O)CN(CC1CC1)C1CC(NC(=O)Cc2cnn(-c3ccccc3)c2)C1. The molecule has 2 aliphatic rings. The van der Waals surface area contributed by atoms with Gasteiger partial charge in [-0.2, -0.15) is 5.10 Å². The fraction of sp³-hybridized carbons (Fsp3) is 0.476. The summed E-state index contributed by atoms with van der Waals surface area (Å²) in [5, 5.41) is 16.5. The van der Waals surface area contributed by atoms with Gasteiger partial charge in [-0.1, -0.05) is 18.2 Å². The van der Waals surface area contributed by atoms with Gasteiger partial charge in [0, 0.05) is 24.8 Å². The molecule has 2 saturated carbocycles. The van der Waals surface area contributed by atoms with Crippen molar-refractivity contribution in [2.75, 3.05) is 13.1 Å². The van der Waals surface area contributed by atoms with Crippen LogP contribution >= 0.6 is 0 Å². The van der Waals surface area contributed by atoms with Crippen LogP contribution in [0.2, 0.25) is 0 Å². The molecular weight excluding hydrogens is 356 g/mol. The maximum atomic E-state index is 12.3. The van der Waals surface area contributed by atoms with Crippen molar-refractivity contribution >= 4 is 11.9 Å². The number of para-hydroxylation sites is 1. The molecular formula is C21H26N4O3. The Morgan fingerprint density at radius 1 is 1.21 bits per heavy atom. The van der Waals surface area contributed by atoms with E-state index in [4.69, 9.17) is 5.11 Å². The zero-order chi connectivity index (χ0) is 19.5. The van der Waals surface area contributed by atoms with Crippen LogP contribution in [-0.4, -0.2) is 56.8 Å². The number of carbonyl (C=O) groups is 2. The highest BCUT2D eigenvalue weighted by molar-refractivity contribution is 5.78. The molecule has 2 N–H and O–H groups in total. The molecule has 2 aromatic rings. The molecule has 1 aromatic carbocycles. The molecule has 0 spiro atoms. The second-order valence-corrected chi connectivity index (χ2v) is 7.96. The quantitative estimate of drug-likeness (QED) is 0.691. The van der Waals surface area contributed by atoms with Crippen LogP contribution in [-0.2, 0) is 16.0 Å². The Morgan fingerprint density at radius 2 is 1.96 bits per heavy atom. The summed E-state index contributed by atoms with van der Waals surface area (Å²) in [6.45, 7) is 0.969. The van der Waals surface area contributed by atoms with Crippen molar-refractivity contribution in [2.45, 2.75) is 44.2 Å². The molecule has 1 amide bonds. The van der Waals surface area contributed by atoms with Gasteiger partial charge in [-0.3, -0.25) is 14.5 Å². The van der Waals surface area contributed by atoms with E-state index in [1.165, 1.54) is 12.8 Å². The van der Waals surface area contributed by atoms with Gasteiger partial charge in [0.2, 0.25) is 5.91 Å². The van der Waals surface area contributed by atoms with E-state index in [1.54, 1.807) is 10.9 Å². The number of nitrogens with one attached hydrogen (secondary N) is 1. The summed E-state index contributed by atoms with van der Waals surface area (Å²) < 4.78 is 1.77. The molecule has 7 nitrogen and oxygen atoms in total. The van der Waals surface area contributed by atoms with Gasteiger partial charge in [-0.15, -0.1) is 0 Å². The molecule has 0 saturated heterocycles. The average molecular weight is 382 g/mol. The number of carbonyl (C=O) groups excluding carboxylic acids is 1. The van der Waals surface area contributed by atoms with Gasteiger partial charge >= 0.3 is 5.97 Å². The van der Waals surface area contributed by atoms with Crippen LogP contribution in [0.15, 0.2) is 42.7 Å². The van der Waals surface area contributed by atoms with E-state index in [-0.39, 0.29) is 24.5 Å². The van der Waals surface area contributed by atoms with Gasteiger partial charge in [0.25, 0.3) is 0 Å². The zero-order valence-corrected chi connectivity index (χ0v) is 15.8. The van der Waals surface area contributed by atoms with Crippen molar-refractivity contribution in [3.63, 3.8) is 0 Å². The molecule has 1 heterocycles. The second-order valence-electron chi connectivity index (χ2n) is 7.96. The Bertz CT molecular complexity index is 825. The standard InChI is InChI=1S/C21H26N4O3/c26-20(8-16-11-22-25(13-16)18-4-2-1-3-5-18)23-17-9-19(10-17)24(14-21(27)28)12-15-6-7-15/h1-5,11,13,15,17,19H,6-10,12,14H2,(H,23,26)(H,27,28). The Morgan fingerprint density at radius 3 is 2.64 bits per heavy atom. The van der Waals surface area contributed by atoms with Crippen molar-refractivity contribution in [1.29, 1.82) is 0 Å². The topological polar surface area (TPSA) is 87.5 Å². The third-order valence-corrected chi connectivity index (χ3v) is 5.54. The predicted molar refractivity (Wildman–Crippen MR) is 104 cm³/mol. The molecule has 148 valence electrons. The van der Waals surface area contributed by atoms with Gasteiger partial charge < -0.3 is 10.4 Å². The summed E-state index contributed by atoms with van der Waals surface area (Å²) in [5.74, 6) is -0.124. The summed E-state index contributed by atoms with van der Waals surface area (Å²) in [7, 11) is 0. The molecule has 4 rings (SSSR count). The summed E-state index contributed by atoms with van der Waals surface area (Å²) in [6.07, 6.45) is 7.97. The van der Waals surface area contributed by atoms with Crippen molar-refractivity contribution in [3.8, 4) is 5.69 Å². The van der Waals surface area contributed by atoms with Crippen LogP contribution < -0.4 is 5.32 Å². The number of hydrogen-bond acceptors (Lipinski definition) is 4. The summed E-state index contributed by atoms with van der Waals surface area (Å²) in [5.41, 5.74) is 1.84. The molecule has 0 radical (unpaired) electrons. The third-order valence-electron chi connectivity index (χ3n) is 5.54. The van der Waals surface area contributed by atoms with Crippen LogP contribution in [0.1, 0.15) is 31.2 Å². The van der Waals surface area contributed by atoms with Crippen LogP contribution in [0.3, 0.4) is 0 Å². The van der Waals surface area contributed by atoms with Crippen molar-refractivity contribution in [3.05, 3.63) is 48.3 Å². The van der Waals surface area contributed by atoms with Crippen LogP contribution in [0, 0.1) is 5.92 Å². The monoisotopic (exact) mass is 382 g/mol. The Balaban J connectivity index is 1.24. The first-order valence-electron chi connectivity index (χ1n) is 9.91. The molecule has 28 heavy (non-hydrogen) atoms. The lowest BCUT2D eigenvalue weighted by molar-refractivity contribution is -0.140. The lowest BCUT2D eigenvalue weighted by Crippen LogP contribution is -2.55. The number of amides is 1. The fourth-order valence-electron chi connectivity index (χ4n) is 3.79. The number of benzene rings is 1. The van der Waals surface area contributed by atoms with Gasteiger partial charge in [-0.05, 0) is 49.3 Å². The van der Waals surface area contributed by atoms with Gasteiger partial charge in [-0.25, -0.2) is 4.68 Å². The lowest BCUT2D eigenvalue weighted by atomic mass is 9.85. The number of nitrogens with zero attached hydrogens (tertiary/aromatic N) is 3. The van der Waals surface area contributed by atoms with E-state index in [1.807, 2.05) is 36.5 Å². The molecule has 7 heteroatoms. The first-order chi connectivity index (χ1) is 13.6. The van der Waals surface area contributed by atoms with E-state index in [0.29, 0.717) is 12.3 Å². The zero-order valence-electron chi connectivity index (χ0n) is 15.8. The average Bonchev–Trinajstić information content (AvgIpc) is 3.33. The first-order valence-corrected chi connectivity index (χ1v) is 9.91. The molecule has 0 atom stereocenters. The molecule has 0 bridgehead atoms. The number of rotatable bonds is 9. The molecule has 2 aliphatic carbocycles. The van der Waals surface area contributed by atoms with Crippen molar-refractivity contribution < 1.29 is 14.7 Å². The largest absolute Gasteiger partial charge is 0.480 e. The minimum absolute atomic E-state index is 0.0111. The maximum absolute atomic E-state index is 12.3. The molecule has 2 fully saturated rings. The van der Waals surface area contributed by atoms with Crippen LogP contribution in [0.25, 0.3) is 5.69 Å². The molecule has 0 unspecified atom stereocenters.